The Labute approximate surface area is 136 Å². The van der Waals surface area contributed by atoms with E-state index in [0.29, 0.717) is 19.0 Å². The number of hydrogen-bond donors (Lipinski definition) is 1. The molecule has 0 unspecified atom stereocenters. The molecule has 0 atom stereocenters. The molecule has 0 spiro atoms. The molecule has 0 amide bonds. The van der Waals surface area contributed by atoms with Crippen LogP contribution >= 0.6 is 0 Å². The molecule has 1 aliphatic rings. The van der Waals surface area contributed by atoms with Crippen LogP contribution < -0.4 is 5.73 Å². The number of nitrogens with zero attached hydrogens (tertiary/aromatic N) is 1. The average molecular weight is 314 g/mol. The first kappa shape index (κ1) is 15.8. The maximum absolute atomic E-state index is 5.84. The first-order valence-electron chi connectivity index (χ1n) is 7.93. The molecule has 0 bridgehead atoms. The highest BCUT2D eigenvalue weighted by Crippen LogP contribution is 2.19. The summed E-state index contributed by atoms with van der Waals surface area (Å²) in [6.07, 6.45) is 2.02. The maximum Gasteiger partial charge on any atom is 0.165 e. The fourth-order valence-electron chi connectivity index (χ4n) is 2.68. The van der Waals surface area contributed by atoms with Crippen LogP contribution in [0.5, 0.6) is 0 Å². The number of fused-ring (bicyclic) bond motifs is 1. The summed E-state index contributed by atoms with van der Waals surface area (Å²) >= 11 is 0. The Bertz CT molecular complexity index is 661. The van der Waals surface area contributed by atoms with Crippen molar-refractivity contribution in [3.8, 4) is 0 Å². The maximum atomic E-state index is 5.84. The van der Waals surface area contributed by atoms with Crippen LogP contribution in [0.4, 0.5) is 0 Å². The normalized spacial score (nSPS) is 16.6. The van der Waals surface area contributed by atoms with Crippen molar-refractivity contribution in [3.05, 3.63) is 48.0 Å². The molecule has 2 aromatic carbocycles. The third kappa shape index (κ3) is 4.43. The summed E-state index contributed by atoms with van der Waals surface area (Å²) in [5.74, 6) is 0.358. The van der Waals surface area contributed by atoms with Crippen molar-refractivity contribution in [3.63, 3.8) is 0 Å². The van der Waals surface area contributed by atoms with Crippen LogP contribution in [0.25, 0.3) is 10.8 Å². The summed E-state index contributed by atoms with van der Waals surface area (Å²) in [5, 5.41) is 6.31. The third-order valence-electron chi connectivity index (χ3n) is 3.92. The number of ether oxygens (including phenoxy) is 2. The molecule has 1 heterocycles. The molecule has 0 aliphatic carbocycles. The highest BCUT2D eigenvalue weighted by molar-refractivity contribution is 5.85. The fraction of sp³-hybridized carbons (Fsp3) is 0.389. The van der Waals surface area contributed by atoms with Gasteiger partial charge in [0, 0.05) is 13.2 Å². The number of hydrogen-bond acceptors (Lipinski definition) is 4. The Hall–Kier alpha value is -2.11. The van der Waals surface area contributed by atoms with E-state index >= 15 is 0 Å². The zero-order chi connectivity index (χ0) is 15.9. The Balaban J connectivity index is 1.51. The van der Waals surface area contributed by atoms with Crippen molar-refractivity contribution < 1.29 is 14.3 Å². The van der Waals surface area contributed by atoms with Crippen molar-refractivity contribution in [1.29, 1.82) is 0 Å². The molecule has 2 aromatic rings. The molecule has 0 saturated carbocycles. The van der Waals surface area contributed by atoms with E-state index in [9.17, 15) is 0 Å². The molecular formula is C18H22N2O3. The van der Waals surface area contributed by atoms with Gasteiger partial charge in [0.2, 0.25) is 0 Å². The monoisotopic (exact) mass is 314 g/mol. The van der Waals surface area contributed by atoms with Crippen molar-refractivity contribution >= 4 is 16.6 Å². The van der Waals surface area contributed by atoms with E-state index in [4.69, 9.17) is 20.0 Å². The number of amidine groups is 1. The zero-order valence-corrected chi connectivity index (χ0v) is 13.1. The molecule has 0 radical (unpaired) electrons. The molecule has 0 aromatic heterocycles. The molecule has 23 heavy (non-hydrogen) atoms. The summed E-state index contributed by atoms with van der Waals surface area (Å²) in [6, 6.07) is 14.3. The van der Waals surface area contributed by atoms with Crippen LogP contribution in [0.1, 0.15) is 18.4 Å². The second-order valence-corrected chi connectivity index (χ2v) is 5.62. The van der Waals surface area contributed by atoms with E-state index in [1.165, 1.54) is 10.8 Å². The lowest BCUT2D eigenvalue weighted by molar-refractivity contribution is -0.0199. The summed E-state index contributed by atoms with van der Waals surface area (Å²) in [6.45, 7) is 2.18. The molecule has 5 nitrogen and oxygen atoms in total. The van der Waals surface area contributed by atoms with Gasteiger partial charge in [0.1, 0.15) is 13.2 Å². The molecular weight excluding hydrogens is 292 g/mol. The van der Waals surface area contributed by atoms with Crippen LogP contribution in [0.3, 0.4) is 0 Å². The van der Waals surface area contributed by atoms with Crippen LogP contribution in [0.15, 0.2) is 47.6 Å². The van der Waals surface area contributed by atoms with Crippen LogP contribution in [0, 0.1) is 0 Å². The second kappa shape index (κ2) is 7.94. The van der Waals surface area contributed by atoms with Crippen molar-refractivity contribution in [2.24, 2.45) is 10.9 Å². The first-order valence-corrected chi connectivity index (χ1v) is 7.93. The lowest BCUT2D eigenvalue weighted by atomic mass is 10.1. The lowest BCUT2D eigenvalue weighted by Crippen LogP contribution is -2.28. The van der Waals surface area contributed by atoms with E-state index in [2.05, 4.69) is 23.4 Å². The van der Waals surface area contributed by atoms with Crippen molar-refractivity contribution in [1.82, 2.24) is 0 Å². The smallest absolute Gasteiger partial charge is 0.165 e. The van der Waals surface area contributed by atoms with Crippen molar-refractivity contribution in [2.45, 2.75) is 25.6 Å². The summed E-state index contributed by atoms with van der Waals surface area (Å²) in [4.78, 5) is 5.39. The SMILES string of the molecule is N/C(COC1CCOCC1)=N\OCc1cccc2ccccc12. The van der Waals surface area contributed by atoms with Gasteiger partial charge in [0.25, 0.3) is 0 Å². The minimum Gasteiger partial charge on any atom is -0.389 e. The second-order valence-electron chi connectivity index (χ2n) is 5.62. The van der Waals surface area contributed by atoms with E-state index in [1.807, 2.05) is 24.3 Å². The molecule has 1 saturated heterocycles. The van der Waals surface area contributed by atoms with Crippen LogP contribution in [0.2, 0.25) is 0 Å². The number of nitrogens with two attached hydrogens (primary N) is 1. The standard InChI is InChI=1S/C18H22N2O3/c19-18(13-22-16-8-10-21-11-9-16)20-23-12-15-6-3-5-14-4-1-2-7-17(14)15/h1-7,16H,8-13H2,(H2,19,20). The van der Waals surface area contributed by atoms with Gasteiger partial charge in [-0.3, -0.25) is 0 Å². The first-order chi connectivity index (χ1) is 11.3. The van der Waals surface area contributed by atoms with Gasteiger partial charge in [0.05, 0.1) is 6.10 Å². The number of rotatable bonds is 6. The minimum atomic E-state index is 0.204. The Morgan fingerprint density at radius 2 is 1.91 bits per heavy atom. The average Bonchev–Trinajstić information content (AvgIpc) is 2.61. The summed E-state index contributed by atoms with van der Waals surface area (Å²) in [7, 11) is 0. The molecule has 122 valence electrons. The Morgan fingerprint density at radius 3 is 2.78 bits per heavy atom. The minimum absolute atomic E-state index is 0.204. The van der Waals surface area contributed by atoms with E-state index in [-0.39, 0.29) is 6.10 Å². The topological polar surface area (TPSA) is 66.1 Å². The number of oxime groups is 1. The van der Waals surface area contributed by atoms with Crippen LogP contribution in [-0.4, -0.2) is 31.8 Å². The quantitative estimate of drug-likeness (QED) is 0.506. The predicted molar refractivity (Wildman–Crippen MR) is 90.2 cm³/mol. The molecule has 2 N–H and O–H groups in total. The van der Waals surface area contributed by atoms with Gasteiger partial charge in [-0.25, -0.2) is 0 Å². The van der Waals surface area contributed by atoms with Gasteiger partial charge in [-0.1, -0.05) is 47.6 Å². The van der Waals surface area contributed by atoms with E-state index in [1.54, 1.807) is 0 Å². The van der Waals surface area contributed by atoms with Crippen molar-refractivity contribution in [2.75, 3.05) is 19.8 Å². The van der Waals surface area contributed by atoms with Gasteiger partial charge >= 0.3 is 0 Å². The number of benzene rings is 2. The van der Waals surface area contributed by atoms with Gasteiger partial charge in [-0.05, 0) is 29.2 Å². The third-order valence-corrected chi connectivity index (χ3v) is 3.92. The van der Waals surface area contributed by atoms with Gasteiger partial charge in [-0.2, -0.15) is 0 Å². The lowest BCUT2D eigenvalue weighted by Gasteiger charge is -2.21. The molecule has 3 rings (SSSR count). The molecule has 1 aliphatic heterocycles. The summed E-state index contributed by atoms with van der Waals surface area (Å²) in [5.41, 5.74) is 6.92. The van der Waals surface area contributed by atoms with E-state index in [0.717, 1.165) is 31.6 Å². The highest BCUT2D eigenvalue weighted by atomic mass is 16.6. The van der Waals surface area contributed by atoms with E-state index < -0.39 is 0 Å². The Kier molecular flexibility index (Phi) is 5.45. The van der Waals surface area contributed by atoms with Gasteiger partial charge in [-0.15, -0.1) is 0 Å². The molecule has 5 heteroatoms. The predicted octanol–water partition coefficient (Wildman–Crippen LogP) is 2.82. The summed E-state index contributed by atoms with van der Waals surface area (Å²) < 4.78 is 11.0. The Morgan fingerprint density at radius 1 is 1.13 bits per heavy atom. The van der Waals surface area contributed by atoms with Crippen LogP contribution in [-0.2, 0) is 20.9 Å². The largest absolute Gasteiger partial charge is 0.389 e. The van der Waals surface area contributed by atoms with Gasteiger partial charge in [0.15, 0.2) is 5.84 Å². The fourth-order valence-corrected chi connectivity index (χ4v) is 2.68. The molecule has 1 fully saturated rings. The zero-order valence-electron chi connectivity index (χ0n) is 13.1. The highest BCUT2D eigenvalue weighted by Gasteiger charge is 2.14. The van der Waals surface area contributed by atoms with Gasteiger partial charge < -0.3 is 20.0 Å².